The van der Waals surface area contributed by atoms with Crippen molar-refractivity contribution in [2.75, 3.05) is 12.4 Å². The molecule has 0 bridgehead atoms. The van der Waals surface area contributed by atoms with E-state index in [1.165, 1.54) is 32.1 Å². The number of carbonyl (C=O) groups excluding carboxylic acids is 1. The van der Waals surface area contributed by atoms with E-state index in [1.54, 1.807) is 25.4 Å². The molecule has 0 aromatic carbocycles. The van der Waals surface area contributed by atoms with Crippen molar-refractivity contribution < 1.29 is 9.53 Å². The fourth-order valence-electron chi connectivity index (χ4n) is 3.68. The molecule has 1 aliphatic rings. The molecule has 1 N–H and O–H groups in total. The van der Waals surface area contributed by atoms with Crippen molar-refractivity contribution in [3.8, 4) is 5.88 Å². The third-order valence-electron chi connectivity index (χ3n) is 4.87. The lowest BCUT2D eigenvalue weighted by Crippen LogP contribution is -2.17. The highest BCUT2D eigenvalue weighted by Gasteiger charge is 2.22. The first-order valence-corrected chi connectivity index (χ1v) is 8.60. The van der Waals surface area contributed by atoms with E-state index in [0.29, 0.717) is 17.6 Å². The van der Waals surface area contributed by atoms with E-state index >= 15 is 0 Å². The van der Waals surface area contributed by atoms with Crippen molar-refractivity contribution in [3.63, 3.8) is 0 Å². The van der Waals surface area contributed by atoms with Crippen LogP contribution < -0.4 is 10.1 Å². The number of aryl methyl sites for hydroxylation is 1. The number of hydrogen-bond donors (Lipinski definition) is 1. The van der Waals surface area contributed by atoms with E-state index < -0.39 is 0 Å². The van der Waals surface area contributed by atoms with Gasteiger partial charge in [0.25, 0.3) is 5.91 Å². The van der Waals surface area contributed by atoms with Crippen molar-refractivity contribution in [1.82, 2.24) is 9.55 Å². The fraction of sp³-hybridized carbons (Fsp3) is 0.474. The smallest absolute Gasteiger partial charge is 0.257 e. The number of carbonyl (C=O) groups is 1. The third kappa shape index (κ3) is 3.30. The Hall–Kier alpha value is -2.30. The van der Waals surface area contributed by atoms with Crippen LogP contribution in [-0.4, -0.2) is 22.6 Å². The van der Waals surface area contributed by atoms with Gasteiger partial charge in [0.15, 0.2) is 0 Å². The number of nitrogens with zero attached hydrogens (tertiary/aromatic N) is 2. The zero-order valence-corrected chi connectivity index (χ0v) is 14.6. The quantitative estimate of drug-likeness (QED) is 0.912. The van der Waals surface area contributed by atoms with Gasteiger partial charge in [0, 0.05) is 23.5 Å². The van der Waals surface area contributed by atoms with Crippen LogP contribution in [-0.2, 0) is 0 Å². The predicted octanol–water partition coefficient (Wildman–Crippen LogP) is 4.27. The summed E-state index contributed by atoms with van der Waals surface area (Å²) in [6.07, 6.45) is 7.91. The first kappa shape index (κ1) is 16.6. The van der Waals surface area contributed by atoms with Crippen molar-refractivity contribution in [3.05, 3.63) is 41.3 Å². The van der Waals surface area contributed by atoms with E-state index in [2.05, 4.69) is 21.8 Å². The molecule has 1 amide bonds. The molecule has 0 spiro atoms. The van der Waals surface area contributed by atoms with Crippen LogP contribution >= 0.6 is 0 Å². The summed E-state index contributed by atoms with van der Waals surface area (Å²) < 4.78 is 7.38. The highest BCUT2D eigenvalue weighted by atomic mass is 16.5. The molecule has 5 heteroatoms. The number of amides is 1. The van der Waals surface area contributed by atoms with E-state index in [-0.39, 0.29) is 5.91 Å². The van der Waals surface area contributed by atoms with Gasteiger partial charge >= 0.3 is 0 Å². The first-order chi connectivity index (χ1) is 11.6. The molecular formula is C19H25N3O2. The molecule has 0 atom stereocenters. The lowest BCUT2D eigenvalue weighted by atomic mass is 9.95. The number of rotatable bonds is 4. The summed E-state index contributed by atoms with van der Waals surface area (Å²) in [6.45, 7) is 4.14. The van der Waals surface area contributed by atoms with Gasteiger partial charge in [-0.15, -0.1) is 0 Å². The Labute approximate surface area is 143 Å². The Balaban J connectivity index is 1.79. The molecule has 5 nitrogen and oxygen atoms in total. The Kier molecular flexibility index (Phi) is 4.88. The van der Waals surface area contributed by atoms with Crippen LogP contribution in [0, 0.1) is 13.8 Å². The van der Waals surface area contributed by atoms with Gasteiger partial charge in [-0.1, -0.05) is 19.3 Å². The second-order valence-electron chi connectivity index (χ2n) is 6.49. The molecule has 128 valence electrons. The number of hydrogen-bond acceptors (Lipinski definition) is 3. The molecule has 3 rings (SSSR count). The van der Waals surface area contributed by atoms with Gasteiger partial charge in [-0.3, -0.25) is 4.79 Å². The molecule has 0 aliphatic heterocycles. The maximum absolute atomic E-state index is 12.7. The Morgan fingerprint density at radius 3 is 2.62 bits per heavy atom. The SMILES string of the molecule is COc1ccc(NC(=O)c2cc(C)n(C3CCCCC3)c2C)cn1. The number of methoxy groups -OCH3 is 1. The molecule has 0 radical (unpaired) electrons. The van der Waals surface area contributed by atoms with Crippen LogP contribution in [0.3, 0.4) is 0 Å². The van der Waals surface area contributed by atoms with Crippen LogP contribution in [0.5, 0.6) is 5.88 Å². The average Bonchev–Trinajstić information content (AvgIpc) is 2.91. The summed E-state index contributed by atoms with van der Waals surface area (Å²) in [5.74, 6) is 0.445. The Morgan fingerprint density at radius 1 is 1.25 bits per heavy atom. The van der Waals surface area contributed by atoms with Crippen LogP contribution in [0.2, 0.25) is 0 Å². The second kappa shape index (κ2) is 7.07. The van der Waals surface area contributed by atoms with Crippen molar-refractivity contribution in [2.45, 2.75) is 52.0 Å². The molecule has 0 unspecified atom stereocenters. The molecule has 0 saturated heterocycles. The highest BCUT2D eigenvalue weighted by Crippen LogP contribution is 2.32. The van der Waals surface area contributed by atoms with E-state index in [9.17, 15) is 4.79 Å². The molecule has 1 aliphatic carbocycles. The maximum Gasteiger partial charge on any atom is 0.257 e. The summed E-state index contributed by atoms with van der Waals surface area (Å²) in [6, 6.07) is 6.06. The topological polar surface area (TPSA) is 56.1 Å². The number of ether oxygens (including phenoxy) is 1. The predicted molar refractivity (Wildman–Crippen MR) is 94.8 cm³/mol. The van der Waals surface area contributed by atoms with Gasteiger partial charge in [-0.25, -0.2) is 4.98 Å². The number of pyridine rings is 1. The zero-order valence-electron chi connectivity index (χ0n) is 14.6. The third-order valence-corrected chi connectivity index (χ3v) is 4.87. The summed E-state index contributed by atoms with van der Waals surface area (Å²) in [5, 5.41) is 2.92. The zero-order chi connectivity index (χ0) is 17.1. The van der Waals surface area contributed by atoms with E-state index in [0.717, 1.165) is 17.0 Å². The summed E-state index contributed by atoms with van der Waals surface area (Å²) >= 11 is 0. The Morgan fingerprint density at radius 2 is 2.00 bits per heavy atom. The monoisotopic (exact) mass is 327 g/mol. The normalized spacial score (nSPS) is 15.3. The van der Waals surface area contributed by atoms with E-state index in [1.807, 2.05) is 13.0 Å². The minimum absolute atomic E-state index is 0.0860. The van der Waals surface area contributed by atoms with Gasteiger partial charge in [-0.05, 0) is 38.8 Å². The standard InChI is InChI=1S/C19H25N3O2/c1-13-11-17(14(2)22(13)16-7-5-4-6-8-16)19(23)21-15-9-10-18(24-3)20-12-15/h9-12,16H,4-8H2,1-3H3,(H,21,23). The van der Waals surface area contributed by atoms with Gasteiger partial charge in [0.05, 0.1) is 24.6 Å². The molecule has 24 heavy (non-hydrogen) atoms. The number of nitrogens with one attached hydrogen (secondary N) is 1. The minimum atomic E-state index is -0.0860. The summed E-state index contributed by atoms with van der Waals surface area (Å²) in [7, 11) is 1.57. The Bertz CT molecular complexity index is 713. The molecule has 2 aromatic heterocycles. The minimum Gasteiger partial charge on any atom is -0.481 e. The molecular weight excluding hydrogens is 302 g/mol. The lowest BCUT2D eigenvalue weighted by Gasteiger charge is -2.26. The van der Waals surface area contributed by atoms with Gasteiger partial charge in [-0.2, -0.15) is 0 Å². The van der Waals surface area contributed by atoms with Crippen LogP contribution in [0.15, 0.2) is 24.4 Å². The van der Waals surface area contributed by atoms with Crippen molar-refractivity contribution >= 4 is 11.6 Å². The van der Waals surface area contributed by atoms with E-state index in [4.69, 9.17) is 4.74 Å². The van der Waals surface area contributed by atoms with Crippen molar-refractivity contribution in [2.24, 2.45) is 0 Å². The molecule has 2 aromatic rings. The van der Waals surface area contributed by atoms with Crippen LogP contribution in [0.25, 0.3) is 0 Å². The summed E-state index contributed by atoms with van der Waals surface area (Å²) in [5.41, 5.74) is 3.63. The van der Waals surface area contributed by atoms with Crippen LogP contribution in [0.1, 0.15) is 59.9 Å². The molecule has 1 saturated carbocycles. The average molecular weight is 327 g/mol. The fourth-order valence-corrected chi connectivity index (χ4v) is 3.68. The number of anilines is 1. The molecule has 2 heterocycles. The second-order valence-corrected chi connectivity index (χ2v) is 6.49. The van der Waals surface area contributed by atoms with Crippen LogP contribution in [0.4, 0.5) is 5.69 Å². The molecule has 1 fully saturated rings. The first-order valence-electron chi connectivity index (χ1n) is 8.60. The largest absolute Gasteiger partial charge is 0.481 e. The van der Waals surface area contributed by atoms with Gasteiger partial charge < -0.3 is 14.6 Å². The van der Waals surface area contributed by atoms with Crippen molar-refractivity contribution in [1.29, 1.82) is 0 Å². The maximum atomic E-state index is 12.7. The number of aromatic nitrogens is 2. The highest BCUT2D eigenvalue weighted by molar-refractivity contribution is 6.05. The lowest BCUT2D eigenvalue weighted by molar-refractivity contribution is 0.102. The van der Waals surface area contributed by atoms with Gasteiger partial charge in [0.1, 0.15) is 0 Å². The van der Waals surface area contributed by atoms with Gasteiger partial charge in [0.2, 0.25) is 5.88 Å². The summed E-state index contributed by atoms with van der Waals surface area (Å²) in [4.78, 5) is 16.8.